The average molecular weight is 171 g/mol. The number of carbonyl (C=O) groups is 1. The second-order valence-corrected chi connectivity index (χ2v) is 3.80. The predicted octanol–water partition coefficient (Wildman–Crippen LogP) is 1.87. The van der Waals surface area contributed by atoms with E-state index in [1.807, 2.05) is 0 Å². The van der Waals surface area contributed by atoms with Crippen LogP contribution in [0.5, 0.6) is 0 Å². The van der Waals surface area contributed by atoms with Gasteiger partial charge in [-0.25, -0.2) is 4.79 Å². The van der Waals surface area contributed by atoms with Crippen LogP contribution in [0.4, 0.5) is 4.79 Å². The van der Waals surface area contributed by atoms with E-state index in [9.17, 15) is 4.79 Å². The Hall–Kier alpha value is -0.730. The Morgan fingerprint density at radius 2 is 2.25 bits per heavy atom. The van der Waals surface area contributed by atoms with Crippen molar-refractivity contribution in [2.24, 2.45) is 5.92 Å². The van der Waals surface area contributed by atoms with Crippen molar-refractivity contribution in [3.8, 4) is 0 Å². The molecule has 3 heteroatoms. The van der Waals surface area contributed by atoms with Crippen LogP contribution in [-0.4, -0.2) is 30.2 Å². The first-order chi connectivity index (χ1) is 5.52. The van der Waals surface area contributed by atoms with Crippen LogP contribution >= 0.6 is 0 Å². The van der Waals surface area contributed by atoms with E-state index in [0.29, 0.717) is 5.92 Å². The van der Waals surface area contributed by atoms with Crippen molar-refractivity contribution in [3.05, 3.63) is 0 Å². The molecular weight excluding hydrogens is 154 g/mol. The molecule has 0 bridgehead atoms. The molecule has 0 aliphatic carbocycles. The summed E-state index contributed by atoms with van der Waals surface area (Å²) in [6.07, 6.45) is 0.700. The van der Waals surface area contributed by atoms with Crippen LogP contribution < -0.4 is 0 Å². The van der Waals surface area contributed by atoms with Gasteiger partial charge >= 0.3 is 6.09 Å². The van der Waals surface area contributed by atoms with Gasteiger partial charge in [0.1, 0.15) is 5.60 Å². The van der Waals surface area contributed by atoms with E-state index in [1.165, 1.54) is 0 Å². The van der Waals surface area contributed by atoms with Crippen molar-refractivity contribution in [2.75, 3.05) is 13.6 Å². The molecule has 0 spiro atoms. The molecule has 1 rings (SSSR count). The Morgan fingerprint density at radius 1 is 1.67 bits per heavy atom. The number of cyclic esters (lactones) is 1. The SMILES string of the molecule is CCC1(C(C)C)CN(C)C(=O)O1. The Morgan fingerprint density at radius 3 is 2.42 bits per heavy atom. The van der Waals surface area contributed by atoms with E-state index >= 15 is 0 Å². The van der Waals surface area contributed by atoms with Gasteiger partial charge in [-0.05, 0) is 12.3 Å². The third kappa shape index (κ3) is 1.28. The molecule has 0 N–H and O–H groups in total. The van der Waals surface area contributed by atoms with Crippen LogP contribution in [0.25, 0.3) is 0 Å². The van der Waals surface area contributed by atoms with Crippen molar-refractivity contribution in [1.82, 2.24) is 4.90 Å². The smallest absolute Gasteiger partial charge is 0.410 e. The van der Waals surface area contributed by atoms with Gasteiger partial charge in [0.05, 0.1) is 6.54 Å². The standard InChI is InChI=1S/C9H17NO2/c1-5-9(7(2)3)6-10(4)8(11)12-9/h7H,5-6H2,1-4H3. The molecule has 1 heterocycles. The van der Waals surface area contributed by atoms with Crippen LogP contribution in [0.1, 0.15) is 27.2 Å². The summed E-state index contributed by atoms with van der Waals surface area (Å²) >= 11 is 0. The van der Waals surface area contributed by atoms with Gasteiger partial charge in [-0.3, -0.25) is 0 Å². The molecule has 0 aromatic heterocycles. The largest absolute Gasteiger partial charge is 0.441 e. The molecule has 12 heavy (non-hydrogen) atoms. The fourth-order valence-electron chi connectivity index (χ4n) is 1.64. The third-order valence-corrected chi connectivity index (χ3v) is 2.76. The molecule has 1 unspecified atom stereocenters. The fraction of sp³-hybridized carbons (Fsp3) is 0.889. The van der Waals surface area contributed by atoms with E-state index in [1.54, 1.807) is 11.9 Å². The number of carbonyl (C=O) groups excluding carboxylic acids is 1. The average Bonchev–Trinajstić information content (AvgIpc) is 2.29. The lowest BCUT2D eigenvalue weighted by atomic mass is 9.88. The minimum atomic E-state index is -0.244. The number of hydrogen-bond acceptors (Lipinski definition) is 2. The second kappa shape index (κ2) is 2.96. The summed E-state index contributed by atoms with van der Waals surface area (Å²) in [4.78, 5) is 12.8. The van der Waals surface area contributed by atoms with Crippen LogP contribution in [0.2, 0.25) is 0 Å². The lowest BCUT2D eigenvalue weighted by Crippen LogP contribution is -2.38. The van der Waals surface area contributed by atoms with Gasteiger partial charge in [0, 0.05) is 7.05 Å². The van der Waals surface area contributed by atoms with Crippen molar-refractivity contribution in [1.29, 1.82) is 0 Å². The Kier molecular flexibility index (Phi) is 2.31. The minimum absolute atomic E-state index is 0.189. The number of nitrogens with zero attached hydrogens (tertiary/aromatic N) is 1. The van der Waals surface area contributed by atoms with E-state index in [0.717, 1.165) is 13.0 Å². The summed E-state index contributed by atoms with van der Waals surface area (Å²) in [5.74, 6) is 0.386. The highest BCUT2D eigenvalue weighted by Gasteiger charge is 2.44. The molecule has 1 amide bonds. The minimum Gasteiger partial charge on any atom is -0.441 e. The van der Waals surface area contributed by atoms with Gasteiger partial charge in [0.15, 0.2) is 0 Å². The summed E-state index contributed by atoms with van der Waals surface area (Å²) in [5, 5.41) is 0. The number of ether oxygens (including phenoxy) is 1. The number of likely N-dealkylation sites (N-methyl/N-ethyl adjacent to an activating group) is 1. The van der Waals surface area contributed by atoms with Gasteiger partial charge in [-0.1, -0.05) is 20.8 Å². The number of amides is 1. The maximum atomic E-state index is 11.2. The van der Waals surface area contributed by atoms with Crippen molar-refractivity contribution in [2.45, 2.75) is 32.8 Å². The lowest BCUT2D eigenvalue weighted by Gasteiger charge is -2.29. The molecule has 0 aromatic carbocycles. The Labute approximate surface area is 73.7 Å². The van der Waals surface area contributed by atoms with Gasteiger partial charge in [-0.15, -0.1) is 0 Å². The van der Waals surface area contributed by atoms with Crippen LogP contribution in [0.3, 0.4) is 0 Å². The Balaban J connectivity index is 2.78. The molecule has 3 nitrogen and oxygen atoms in total. The summed E-state index contributed by atoms with van der Waals surface area (Å²) < 4.78 is 5.36. The maximum Gasteiger partial charge on any atom is 0.410 e. The van der Waals surface area contributed by atoms with Crippen LogP contribution in [0, 0.1) is 5.92 Å². The summed E-state index contributed by atoms with van der Waals surface area (Å²) in [7, 11) is 1.78. The zero-order chi connectivity index (χ0) is 9.35. The summed E-state index contributed by atoms with van der Waals surface area (Å²) in [6.45, 7) is 6.97. The van der Waals surface area contributed by atoms with Crippen LogP contribution in [0.15, 0.2) is 0 Å². The van der Waals surface area contributed by atoms with Gasteiger partial charge in [0.25, 0.3) is 0 Å². The first kappa shape index (κ1) is 9.36. The number of hydrogen-bond donors (Lipinski definition) is 0. The highest BCUT2D eigenvalue weighted by atomic mass is 16.6. The summed E-state index contributed by atoms with van der Waals surface area (Å²) in [6, 6.07) is 0. The second-order valence-electron chi connectivity index (χ2n) is 3.80. The molecule has 1 fully saturated rings. The monoisotopic (exact) mass is 171 g/mol. The van der Waals surface area contributed by atoms with Crippen molar-refractivity contribution >= 4 is 6.09 Å². The summed E-state index contributed by atoms with van der Waals surface area (Å²) in [5.41, 5.74) is -0.244. The maximum absolute atomic E-state index is 11.2. The molecule has 1 aliphatic heterocycles. The van der Waals surface area contributed by atoms with Gasteiger partial charge in [0.2, 0.25) is 0 Å². The number of rotatable bonds is 2. The zero-order valence-corrected chi connectivity index (χ0v) is 8.26. The first-order valence-electron chi connectivity index (χ1n) is 4.46. The van der Waals surface area contributed by atoms with Crippen molar-refractivity contribution < 1.29 is 9.53 Å². The molecule has 1 saturated heterocycles. The fourth-order valence-corrected chi connectivity index (χ4v) is 1.64. The Bertz CT molecular complexity index is 191. The molecule has 0 aromatic rings. The first-order valence-corrected chi connectivity index (χ1v) is 4.46. The van der Waals surface area contributed by atoms with Crippen LogP contribution in [-0.2, 0) is 4.74 Å². The molecule has 1 atom stereocenters. The van der Waals surface area contributed by atoms with E-state index in [4.69, 9.17) is 4.74 Å². The zero-order valence-electron chi connectivity index (χ0n) is 8.26. The van der Waals surface area contributed by atoms with Gasteiger partial charge in [-0.2, -0.15) is 0 Å². The van der Waals surface area contributed by atoms with E-state index < -0.39 is 0 Å². The van der Waals surface area contributed by atoms with E-state index in [2.05, 4.69) is 20.8 Å². The topological polar surface area (TPSA) is 29.5 Å². The molecular formula is C9H17NO2. The van der Waals surface area contributed by atoms with E-state index in [-0.39, 0.29) is 11.7 Å². The van der Waals surface area contributed by atoms with Gasteiger partial charge < -0.3 is 9.64 Å². The van der Waals surface area contributed by atoms with Crippen molar-refractivity contribution in [3.63, 3.8) is 0 Å². The molecule has 0 radical (unpaired) electrons. The molecule has 0 saturated carbocycles. The molecule has 70 valence electrons. The normalized spacial score (nSPS) is 29.8. The molecule has 1 aliphatic rings. The highest BCUT2D eigenvalue weighted by molar-refractivity contribution is 5.70. The highest BCUT2D eigenvalue weighted by Crippen LogP contribution is 2.32. The quantitative estimate of drug-likeness (QED) is 0.634. The third-order valence-electron chi connectivity index (χ3n) is 2.76. The predicted molar refractivity (Wildman–Crippen MR) is 47.0 cm³/mol. The lowest BCUT2D eigenvalue weighted by molar-refractivity contribution is 0.0152.